The lowest BCUT2D eigenvalue weighted by atomic mass is 10.1. The lowest BCUT2D eigenvalue weighted by Gasteiger charge is -2.28. The van der Waals surface area contributed by atoms with Crippen LogP contribution in [0.15, 0.2) is 24.3 Å². The largest absolute Gasteiger partial charge is 0.465 e. The van der Waals surface area contributed by atoms with E-state index >= 15 is 0 Å². The monoisotopic (exact) mass is 346 g/mol. The highest BCUT2D eigenvalue weighted by Gasteiger charge is 2.23. The summed E-state index contributed by atoms with van der Waals surface area (Å²) in [4.78, 5) is 23.7. The molecule has 0 unspecified atom stereocenters. The molecule has 0 saturated carbocycles. The Hall–Kier alpha value is -2.42. The molecule has 1 rings (SSSR count). The summed E-state index contributed by atoms with van der Waals surface area (Å²) >= 11 is 0. The Morgan fingerprint density at radius 3 is 2.38 bits per heavy atom. The molecular weight excluding hydrogens is 326 g/mol. The van der Waals surface area contributed by atoms with Crippen LogP contribution in [-0.4, -0.2) is 53.4 Å². The highest BCUT2D eigenvalue weighted by molar-refractivity contribution is 5.75. The minimum absolute atomic E-state index is 0.0334. The van der Waals surface area contributed by atoms with Crippen molar-refractivity contribution >= 4 is 12.0 Å². The van der Waals surface area contributed by atoms with Crippen molar-refractivity contribution in [3.05, 3.63) is 29.8 Å². The first-order valence-corrected chi connectivity index (χ1v) is 7.22. The number of nitrogens with one attached hydrogen (secondary N) is 1. The lowest BCUT2D eigenvalue weighted by molar-refractivity contribution is -0.121. The molecule has 0 fully saturated rings. The Balaban J connectivity index is 2.76. The number of nitrogens with zero attached hydrogens (tertiary/aromatic N) is 1. The van der Waals surface area contributed by atoms with Crippen LogP contribution in [0.4, 0.5) is 13.6 Å². The van der Waals surface area contributed by atoms with E-state index in [2.05, 4.69) is 10.1 Å². The van der Waals surface area contributed by atoms with Gasteiger partial charge in [0, 0.05) is 20.0 Å². The zero-order valence-corrected chi connectivity index (χ0v) is 13.1. The summed E-state index contributed by atoms with van der Waals surface area (Å²) in [6.45, 7) is -3.42. The molecule has 0 aliphatic rings. The highest BCUT2D eigenvalue weighted by Crippen LogP contribution is 2.18. The van der Waals surface area contributed by atoms with E-state index in [1.807, 2.05) is 0 Å². The number of halogens is 2. The van der Waals surface area contributed by atoms with Crippen molar-refractivity contribution in [2.24, 2.45) is 0 Å². The Labute approximate surface area is 137 Å². The predicted molar refractivity (Wildman–Crippen MR) is 80.8 cm³/mol. The second-order valence-corrected chi connectivity index (χ2v) is 4.98. The zero-order chi connectivity index (χ0) is 18.1. The first kappa shape index (κ1) is 19.6. The number of carbonyl (C=O) groups is 2. The number of carboxylic acid groups (broad SMARTS) is 1. The predicted octanol–water partition coefficient (Wildman–Crippen LogP) is 1.66. The maximum atomic E-state index is 12.1. The van der Waals surface area contributed by atoms with Crippen molar-refractivity contribution in [1.82, 2.24) is 10.2 Å². The summed E-state index contributed by atoms with van der Waals surface area (Å²) in [7, 11) is 1.47. The average Bonchev–Trinajstić information content (AvgIpc) is 2.54. The van der Waals surface area contributed by atoms with E-state index in [4.69, 9.17) is 0 Å². The van der Waals surface area contributed by atoms with Gasteiger partial charge in [-0.1, -0.05) is 12.1 Å². The van der Waals surface area contributed by atoms with E-state index in [0.29, 0.717) is 5.56 Å². The smallest absolute Gasteiger partial charge is 0.407 e. The van der Waals surface area contributed by atoms with Crippen molar-refractivity contribution in [2.45, 2.75) is 32.0 Å². The van der Waals surface area contributed by atoms with Gasteiger partial charge in [-0.2, -0.15) is 8.78 Å². The molecule has 1 aromatic rings. The van der Waals surface area contributed by atoms with Gasteiger partial charge in [-0.3, -0.25) is 9.69 Å². The van der Waals surface area contributed by atoms with Crippen LogP contribution >= 0.6 is 0 Å². The van der Waals surface area contributed by atoms with Crippen LogP contribution < -0.4 is 10.1 Å². The minimum Gasteiger partial charge on any atom is -0.465 e. The molecule has 0 bridgehead atoms. The van der Waals surface area contributed by atoms with Gasteiger partial charge in [-0.25, -0.2) is 4.79 Å². The molecule has 0 heterocycles. The van der Waals surface area contributed by atoms with Crippen molar-refractivity contribution in [3.8, 4) is 5.75 Å². The maximum absolute atomic E-state index is 12.1. The number of alkyl halides is 2. The van der Waals surface area contributed by atoms with Gasteiger partial charge in [0.2, 0.25) is 5.91 Å². The van der Waals surface area contributed by atoms with Gasteiger partial charge in [0.25, 0.3) is 0 Å². The number of hydrogen-bond acceptors (Lipinski definition) is 4. The molecule has 0 spiro atoms. The number of aliphatic hydroxyl groups is 1. The van der Waals surface area contributed by atoms with Crippen molar-refractivity contribution in [2.75, 3.05) is 13.7 Å². The topological polar surface area (TPSA) is 99.1 Å². The van der Waals surface area contributed by atoms with Crippen molar-refractivity contribution < 1.29 is 33.3 Å². The molecule has 2 amide bonds. The van der Waals surface area contributed by atoms with Gasteiger partial charge in [0.05, 0.1) is 12.6 Å². The van der Waals surface area contributed by atoms with E-state index in [1.165, 1.54) is 31.3 Å². The zero-order valence-electron chi connectivity index (χ0n) is 13.1. The molecule has 3 N–H and O–H groups in total. The van der Waals surface area contributed by atoms with Crippen LogP contribution in [0.3, 0.4) is 0 Å². The van der Waals surface area contributed by atoms with Crippen LogP contribution in [0.2, 0.25) is 0 Å². The van der Waals surface area contributed by atoms with Gasteiger partial charge in [-0.05, 0) is 24.1 Å². The fraction of sp³-hybridized carbons (Fsp3) is 0.467. The fourth-order valence-corrected chi connectivity index (χ4v) is 2.09. The molecule has 1 aromatic carbocycles. The summed E-state index contributed by atoms with van der Waals surface area (Å²) < 4.78 is 28.4. The number of ether oxygens (including phenoxy) is 1. The van der Waals surface area contributed by atoms with E-state index in [9.17, 15) is 28.6 Å². The minimum atomic E-state index is -2.94. The molecule has 9 heteroatoms. The molecule has 0 aliphatic carbocycles. The number of aliphatic hydroxyl groups excluding tert-OH is 1. The summed E-state index contributed by atoms with van der Waals surface area (Å²) in [5, 5.41) is 21.2. The number of benzene rings is 1. The maximum Gasteiger partial charge on any atom is 0.407 e. The molecule has 0 saturated heterocycles. The first-order chi connectivity index (χ1) is 11.4. The Morgan fingerprint density at radius 2 is 1.92 bits per heavy atom. The van der Waals surface area contributed by atoms with Crippen LogP contribution in [-0.2, 0) is 11.3 Å². The summed E-state index contributed by atoms with van der Waals surface area (Å²) in [5.41, 5.74) is 0.539. The molecular formula is C15H20F2N2O5. The third-order valence-electron chi connectivity index (χ3n) is 3.38. The first-order valence-electron chi connectivity index (χ1n) is 7.22. The SMILES string of the molecule is CNC(=O)CC[C@@H](CO)N(Cc1ccc(OC(F)F)cc1)C(=O)O. The number of hydrogen-bond donors (Lipinski definition) is 3. The summed E-state index contributed by atoms with van der Waals surface area (Å²) in [6, 6.07) is 4.78. The third kappa shape index (κ3) is 6.37. The Bertz CT molecular complexity index is 539. The summed E-state index contributed by atoms with van der Waals surface area (Å²) in [6.07, 6.45) is -1.01. The molecule has 7 nitrogen and oxygen atoms in total. The lowest BCUT2D eigenvalue weighted by Crippen LogP contribution is -2.41. The third-order valence-corrected chi connectivity index (χ3v) is 3.38. The van der Waals surface area contributed by atoms with E-state index in [0.717, 1.165) is 4.90 Å². The Kier molecular flexibility index (Phi) is 7.90. The van der Waals surface area contributed by atoms with Crippen LogP contribution in [0.25, 0.3) is 0 Å². The van der Waals surface area contributed by atoms with Gasteiger partial charge in [0.1, 0.15) is 5.75 Å². The Morgan fingerprint density at radius 1 is 1.29 bits per heavy atom. The number of carbonyl (C=O) groups excluding carboxylic acids is 1. The van der Waals surface area contributed by atoms with E-state index < -0.39 is 25.4 Å². The quantitative estimate of drug-likeness (QED) is 0.631. The van der Waals surface area contributed by atoms with Gasteiger partial charge >= 0.3 is 12.7 Å². The van der Waals surface area contributed by atoms with Crippen LogP contribution in [0.1, 0.15) is 18.4 Å². The van der Waals surface area contributed by atoms with Gasteiger partial charge < -0.3 is 20.3 Å². The standard InChI is InChI=1S/C15H20F2N2O5/c1-18-13(21)7-4-11(9-20)19(15(22)23)8-10-2-5-12(6-3-10)24-14(16)17/h2-3,5-6,11,14,20H,4,7-9H2,1H3,(H,18,21)(H,22,23)/t11-/m0/s1. The fourth-order valence-electron chi connectivity index (χ4n) is 2.09. The second-order valence-electron chi connectivity index (χ2n) is 4.98. The molecule has 0 aliphatic heterocycles. The van der Waals surface area contributed by atoms with Crippen LogP contribution in [0.5, 0.6) is 5.75 Å². The summed E-state index contributed by atoms with van der Waals surface area (Å²) in [5.74, 6) is -0.291. The number of amides is 2. The van der Waals surface area contributed by atoms with Crippen LogP contribution in [0, 0.1) is 0 Å². The molecule has 24 heavy (non-hydrogen) atoms. The average molecular weight is 346 g/mol. The second kappa shape index (κ2) is 9.66. The van der Waals surface area contributed by atoms with E-state index in [-0.39, 0.29) is 31.0 Å². The normalized spacial score (nSPS) is 11.9. The molecule has 0 aromatic heterocycles. The molecule has 134 valence electrons. The van der Waals surface area contributed by atoms with E-state index in [1.54, 1.807) is 0 Å². The van der Waals surface area contributed by atoms with Crippen molar-refractivity contribution in [1.29, 1.82) is 0 Å². The highest BCUT2D eigenvalue weighted by atomic mass is 19.3. The number of rotatable bonds is 9. The van der Waals surface area contributed by atoms with Gasteiger partial charge in [0.15, 0.2) is 0 Å². The van der Waals surface area contributed by atoms with Gasteiger partial charge in [-0.15, -0.1) is 0 Å². The molecule has 1 atom stereocenters. The molecule has 0 radical (unpaired) electrons. The van der Waals surface area contributed by atoms with Crippen molar-refractivity contribution in [3.63, 3.8) is 0 Å².